The summed E-state index contributed by atoms with van der Waals surface area (Å²) in [7, 11) is 0. The Balaban J connectivity index is 1.80. The Labute approximate surface area is 97.3 Å². The third kappa shape index (κ3) is 2.74. The molecule has 1 N–H and O–H groups in total. The van der Waals surface area contributed by atoms with Crippen LogP contribution in [0.25, 0.3) is 0 Å². The second-order valence-corrected chi connectivity index (χ2v) is 5.12. The number of nitrogens with one attached hydrogen (secondary N) is 1. The Kier molecular flexibility index (Phi) is 3.82. The minimum absolute atomic E-state index is 0.131. The predicted molar refractivity (Wildman–Crippen MR) is 62.2 cm³/mol. The molecule has 2 heterocycles. The van der Waals surface area contributed by atoms with Gasteiger partial charge in [-0.3, -0.25) is 4.79 Å². The average molecular weight is 226 g/mol. The molecule has 0 radical (unpaired) electrons. The monoisotopic (exact) mass is 226 g/mol. The summed E-state index contributed by atoms with van der Waals surface area (Å²) in [5.41, 5.74) is 0. The summed E-state index contributed by atoms with van der Waals surface area (Å²) in [6, 6.07) is 0.525. The van der Waals surface area contributed by atoms with E-state index in [-0.39, 0.29) is 18.6 Å². The fraction of sp³-hybridized carbons (Fsp3) is 0.917. The average Bonchev–Trinajstić information content (AvgIpc) is 2.69. The molecule has 4 heteroatoms. The molecule has 0 aromatic carbocycles. The smallest absolute Gasteiger partial charge is 0.248 e. The molecule has 2 unspecified atom stereocenters. The van der Waals surface area contributed by atoms with Gasteiger partial charge in [0.15, 0.2) is 0 Å². The first-order chi connectivity index (χ1) is 7.66. The Morgan fingerprint density at radius 2 is 2.31 bits per heavy atom. The van der Waals surface area contributed by atoms with Crippen molar-refractivity contribution in [1.82, 2.24) is 10.2 Å². The van der Waals surface area contributed by atoms with E-state index < -0.39 is 0 Å². The molecule has 2 fully saturated rings. The highest BCUT2D eigenvalue weighted by molar-refractivity contribution is 5.77. The first-order valence-corrected chi connectivity index (χ1v) is 6.29. The molecule has 0 bridgehead atoms. The molecule has 4 nitrogen and oxygen atoms in total. The zero-order valence-electron chi connectivity index (χ0n) is 10.2. The maximum atomic E-state index is 11.9. The Hall–Kier alpha value is -0.610. The van der Waals surface area contributed by atoms with E-state index in [4.69, 9.17) is 4.74 Å². The van der Waals surface area contributed by atoms with Crippen molar-refractivity contribution >= 4 is 5.91 Å². The van der Waals surface area contributed by atoms with Crippen LogP contribution in [0.15, 0.2) is 0 Å². The number of rotatable bonds is 3. The fourth-order valence-electron chi connectivity index (χ4n) is 2.58. The van der Waals surface area contributed by atoms with Crippen molar-refractivity contribution in [3.63, 3.8) is 0 Å². The van der Waals surface area contributed by atoms with E-state index in [1.165, 1.54) is 12.8 Å². The lowest BCUT2D eigenvalue weighted by molar-refractivity contribution is -0.136. The van der Waals surface area contributed by atoms with Gasteiger partial charge >= 0.3 is 0 Å². The lowest BCUT2D eigenvalue weighted by Crippen LogP contribution is -2.41. The summed E-state index contributed by atoms with van der Waals surface area (Å²) in [5.74, 6) is 0.807. The Morgan fingerprint density at radius 3 is 3.00 bits per heavy atom. The van der Waals surface area contributed by atoms with Gasteiger partial charge in [0.1, 0.15) is 6.61 Å². The van der Waals surface area contributed by atoms with Gasteiger partial charge in [-0.25, -0.2) is 0 Å². The number of likely N-dealkylation sites (tertiary alicyclic amines) is 1. The number of nitrogens with zero attached hydrogens (tertiary/aromatic N) is 1. The molecule has 92 valence electrons. The van der Waals surface area contributed by atoms with E-state index in [1.54, 1.807) is 0 Å². The third-order valence-corrected chi connectivity index (χ3v) is 3.49. The number of fused-ring (bicyclic) bond motifs is 1. The molecular formula is C12H22N2O2. The van der Waals surface area contributed by atoms with E-state index in [0.29, 0.717) is 12.0 Å². The zero-order chi connectivity index (χ0) is 11.5. The van der Waals surface area contributed by atoms with Crippen molar-refractivity contribution < 1.29 is 9.53 Å². The van der Waals surface area contributed by atoms with Crippen molar-refractivity contribution in [3.8, 4) is 0 Å². The van der Waals surface area contributed by atoms with Crippen LogP contribution in [0, 0.1) is 5.92 Å². The summed E-state index contributed by atoms with van der Waals surface area (Å²) in [5, 5.41) is 3.50. The van der Waals surface area contributed by atoms with E-state index in [1.807, 2.05) is 18.7 Å². The van der Waals surface area contributed by atoms with Crippen LogP contribution in [0.1, 0.15) is 26.7 Å². The van der Waals surface area contributed by atoms with Crippen molar-refractivity contribution in [2.75, 3.05) is 26.2 Å². The van der Waals surface area contributed by atoms with Gasteiger partial charge in [-0.05, 0) is 39.2 Å². The van der Waals surface area contributed by atoms with Crippen LogP contribution in [0.3, 0.4) is 0 Å². The normalized spacial score (nSPS) is 29.6. The molecule has 2 aliphatic rings. The van der Waals surface area contributed by atoms with Crippen molar-refractivity contribution in [3.05, 3.63) is 0 Å². The number of ether oxygens (including phenoxy) is 1. The van der Waals surface area contributed by atoms with Crippen molar-refractivity contribution in [2.24, 2.45) is 5.92 Å². The molecule has 0 spiro atoms. The van der Waals surface area contributed by atoms with Crippen LogP contribution in [0.5, 0.6) is 0 Å². The standard InChI is InChI=1S/C12H22N2O2/c1-9(2)16-8-12(15)14-6-10-4-3-5-13-11(10)7-14/h9-11,13H,3-8H2,1-2H3. The van der Waals surface area contributed by atoms with Gasteiger partial charge in [-0.15, -0.1) is 0 Å². The molecule has 0 aromatic heterocycles. The fourth-order valence-corrected chi connectivity index (χ4v) is 2.58. The Bertz CT molecular complexity index is 241. The van der Waals surface area contributed by atoms with Gasteiger partial charge in [0, 0.05) is 19.1 Å². The molecule has 0 saturated carbocycles. The second-order valence-electron chi connectivity index (χ2n) is 5.12. The van der Waals surface area contributed by atoms with Gasteiger partial charge in [-0.2, -0.15) is 0 Å². The number of carbonyl (C=O) groups is 1. The van der Waals surface area contributed by atoms with E-state index in [9.17, 15) is 4.79 Å². The highest BCUT2D eigenvalue weighted by Crippen LogP contribution is 2.24. The maximum absolute atomic E-state index is 11.9. The molecule has 2 aliphatic heterocycles. The summed E-state index contributed by atoms with van der Waals surface area (Å²) in [4.78, 5) is 13.8. The lowest BCUT2D eigenvalue weighted by atomic mass is 9.94. The van der Waals surface area contributed by atoms with E-state index in [0.717, 1.165) is 19.6 Å². The number of piperidine rings is 1. The maximum Gasteiger partial charge on any atom is 0.248 e. The number of amides is 1. The minimum atomic E-state index is 0.131. The second kappa shape index (κ2) is 5.15. The summed E-state index contributed by atoms with van der Waals surface area (Å²) >= 11 is 0. The summed E-state index contributed by atoms with van der Waals surface area (Å²) in [6.07, 6.45) is 2.63. The van der Waals surface area contributed by atoms with Crippen LogP contribution in [-0.4, -0.2) is 49.2 Å². The first-order valence-electron chi connectivity index (χ1n) is 6.29. The molecule has 1 amide bonds. The van der Waals surface area contributed by atoms with Crippen LogP contribution in [-0.2, 0) is 9.53 Å². The topological polar surface area (TPSA) is 41.6 Å². The highest BCUT2D eigenvalue weighted by Gasteiger charge is 2.36. The Morgan fingerprint density at radius 1 is 1.50 bits per heavy atom. The lowest BCUT2D eigenvalue weighted by Gasteiger charge is -2.24. The minimum Gasteiger partial charge on any atom is -0.369 e. The molecule has 0 aliphatic carbocycles. The zero-order valence-corrected chi connectivity index (χ0v) is 10.2. The largest absolute Gasteiger partial charge is 0.369 e. The first kappa shape index (κ1) is 11.9. The molecule has 2 atom stereocenters. The van der Waals surface area contributed by atoms with Crippen LogP contribution in [0.2, 0.25) is 0 Å². The highest BCUT2D eigenvalue weighted by atomic mass is 16.5. The molecule has 0 aromatic rings. The summed E-state index contributed by atoms with van der Waals surface area (Å²) in [6.45, 7) is 7.03. The molecular weight excluding hydrogens is 204 g/mol. The van der Waals surface area contributed by atoms with Crippen LogP contribution >= 0.6 is 0 Å². The third-order valence-electron chi connectivity index (χ3n) is 3.49. The van der Waals surface area contributed by atoms with Gasteiger partial charge < -0.3 is 15.0 Å². The number of hydrogen-bond acceptors (Lipinski definition) is 3. The SMILES string of the molecule is CC(C)OCC(=O)N1CC2CCCNC2C1. The van der Waals surface area contributed by atoms with Crippen LogP contribution < -0.4 is 5.32 Å². The van der Waals surface area contributed by atoms with Gasteiger partial charge in [0.25, 0.3) is 0 Å². The van der Waals surface area contributed by atoms with Crippen molar-refractivity contribution in [2.45, 2.75) is 38.8 Å². The van der Waals surface area contributed by atoms with Gasteiger partial charge in [0.2, 0.25) is 5.91 Å². The molecule has 16 heavy (non-hydrogen) atoms. The number of carbonyl (C=O) groups excluding carboxylic acids is 1. The van der Waals surface area contributed by atoms with E-state index >= 15 is 0 Å². The van der Waals surface area contributed by atoms with Gasteiger partial charge in [-0.1, -0.05) is 0 Å². The van der Waals surface area contributed by atoms with Crippen molar-refractivity contribution in [1.29, 1.82) is 0 Å². The summed E-state index contributed by atoms with van der Waals surface area (Å²) < 4.78 is 5.36. The number of hydrogen-bond donors (Lipinski definition) is 1. The van der Waals surface area contributed by atoms with E-state index in [2.05, 4.69) is 5.32 Å². The quantitative estimate of drug-likeness (QED) is 0.767. The van der Waals surface area contributed by atoms with Gasteiger partial charge in [0.05, 0.1) is 6.10 Å². The molecule has 2 saturated heterocycles. The van der Waals surface area contributed by atoms with Crippen LogP contribution in [0.4, 0.5) is 0 Å². The molecule has 2 rings (SSSR count). The predicted octanol–water partition coefficient (Wildman–Crippen LogP) is 0.622.